The molecule has 1 heterocycles. The van der Waals surface area contributed by atoms with Gasteiger partial charge in [-0.15, -0.1) is 0 Å². The summed E-state index contributed by atoms with van der Waals surface area (Å²) in [5, 5.41) is 7.75. The van der Waals surface area contributed by atoms with Crippen LogP contribution < -0.4 is 5.32 Å². The molecule has 3 nitrogen and oxygen atoms in total. The third kappa shape index (κ3) is 2.62. The Morgan fingerprint density at radius 1 is 1.22 bits per heavy atom. The third-order valence-electron chi connectivity index (χ3n) is 3.12. The maximum Gasteiger partial charge on any atom is 0.0685 e. The van der Waals surface area contributed by atoms with Crippen molar-refractivity contribution < 1.29 is 0 Å². The normalized spacial score (nSPS) is 10.8. The molecule has 0 fully saturated rings. The average molecular weight is 243 g/mol. The fraction of sp³-hybridized carbons (Fsp3) is 0.400. The Kier molecular flexibility index (Phi) is 4.15. The summed E-state index contributed by atoms with van der Waals surface area (Å²) in [4.78, 5) is 0. The minimum Gasteiger partial charge on any atom is -0.313 e. The standard InChI is InChI=1S/C15H21N3/c1-4-16-11-13-7-6-12(3)10-14(13)15-8-9-17-18(15)5-2/h6-10,16H,4-5,11H2,1-3H3. The van der Waals surface area contributed by atoms with Gasteiger partial charge in [-0.3, -0.25) is 4.68 Å². The van der Waals surface area contributed by atoms with Gasteiger partial charge in [-0.1, -0.05) is 24.6 Å². The Bertz CT molecular complexity index is 514. The zero-order chi connectivity index (χ0) is 13.0. The number of benzene rings is 1. The van der Waals surface area contributed by atoms with Crippen LogP contribution in [-0.2, 0) is 13.1 Å². The van der Waals surface area contributed by atoms with Gasteiger partial charge < -0.3 is 5.32 Å². The van der Waals surface area contributed by atoms with Crippen LogP contribution >= 0.6 is 0 Å². The molecule has 0 aliphatic heterocycles. The first-order valence-corrected chi connectivity index (χ1v) is 6.58. The van der Waals surface area contributed by atoms with Crippen LogP contribution in [0.15, 0.2) is 30.5 Å². The van der Waals surface area contributed by atoms with Gasteiger partial charge >= 0.3 is 0 Å². The van der Waals surface area contributed by atoms with Crippen molar-refractivity contribution in [3.05, 3.63) is 41.6 Å². The zero-order valence-corrected chi connectivity index (χ0v) is 11.4. The van der Waals surface area contributed by atoms with E-state index in [4.69, 9.17) is 0 Å². The molecule has 0 unspecified atom stereocenters. The number of hydrogen-bond acceptors (Lipinski definition) is 2. The number of hydrogen-bond donors (Lipinski definition) is 1. The van der Waals surface area contributed by atoms with E-state index < -0.39 is 0 Å². The maximum absolute atomic E-state index is 4.36. The second kappa shape index (κ2) is 5.83. The molecular weight excluding hydrogens is 222 g/mol. The van der Waals surface area contributed by atoms with Crippen LogP contribution in [0.2, 0.25) is 0 Å². The highest BCUT2D eigenvalue weighted by molar-refractivity contribution is 5.65. The summed E-state index contributed by atoms with van der Waals surface area (Å²) in [6.45, 7) is 9.17. The van der Waals surface area contributed by atoms with E-state index in [0.717, 1.165) is 19.6 Å². The second-order valence-electron chi connectivity index (χ2n) is 4.47. The fourth-order valence-electron chi connectivity index (χ4n) is 2.16. The van der Waals surface area contributed by atoms with E-state index in [1.807, 2.05) is 10.9 Å². The van der Waals surface area contributed by atoms with Crippen LogP contribution in [0.1, 0.15) is 25.0 Å². The van der Waals surface area contributed by atoms with Crippen LogP contribution in [-0.4, -0.2) is 16.3 Å². The van der Waals surface area contributed by atoms with E-state index >= 15 is 0 Å². The lowest BCUT2D eigenvalue weighted by Gasteiger charge is -2.12. The van der Waals surface area contributed by atoms with Crippen LogP contribution in [0, 0.1) is 6.92 Å². The maximum atomic E-state index is 4.36. The molecule has 2 aromatic rings. The molecule has 18 heavy (non-hydrogen) atoms. The van der Waals surface area contributed by atoms with Crippen molar-refractivity contribution in [2.75, 3.05) is 6.54 Å². The van der Waals surface area contributed by atoms with Gasteiger partial charge in [-0.25, -0.2) is 0 Å². The van der Waals surface area contributed by atoms with E-state index in [2.05, 4.69) is 55.5 Å². The molecule has 1 aromatic carbocycles. The molecule has 2 rings (SSSR count). The largest absolute Gasteiger partial charge is 0.313 e. The highest BCUT2D eigenvalue weighted by Gasteiger charge is 2.09. The Morgan fingerprint density at radius 2 is 2.06 bits per heavy atom. The predicted octanol–water partition coefficient (Wildman–Crippen LogP) is 2.99. The highest BCUT2D eigenvalue weighted by atomic mass is 15.3. The molecule has 1 aromatic heterocycles. The summed E-state index contributed by atoms with van der Waals surface area (Å²) in [6, 6.07) is 8.72. The van der Waals surface area contributed by atoms with Gasteiger partial charge in [0.15, 0.2) is 0 Å². The summed E-state index contributed by atoms with van der Waals surface area (Å²) >= 11 is 0. The van der Waals surface area contributed by atoms with Gasteiger partial charge in [-0.05, 0) is 38.1 Å². The zero-order valence-electron chi connectivity index (χ0n) is 11.4. The van der Waals surface area contributed by atoms with Crippen molar-refractivity contribution in [3.8, 4) is 11.3 Å². The molecule has 0 saturated heterocycles. The minimum atomic E-state index is 0.900. The lowest BCUT2D eigenvalue weighted by Crippen LogP contribution is -2.13. The van der Waals surface area contributed by atoms with Crippen molar-refractivity contribution in [3.63, 3.8) is 0 Å². The van der Waals surface area contributed by atoms with Crippen LogP contribution in [0.4, 0.5) is 0 Å². The third-order valence-corrected chi connectivity index (χ3v) is 3.12. The SMILES string of the molecule is CCNCc1ccc(C)cc1-c1ccnn1CC. The second-order valence-corrected chi connectivity index (χ2v) is 4.47. The molecule has 0 aliphatic carbocycles. The van der Waals surface area contributed by atoms with Crippen LogP contribution in [0.5, 0.6) is 0 Å². The molecular formula is C15H21N3. The van der Waals surface area contributed by atoms with Gasteiger partial charge in [0, 0.05) is 24.8 Å². The van der Waals surface area contributed by atoms with Crippen molar-refractivity contribution in [2.24, 2.45) is 0 Å². The Balaban J connectivity index is 2.44. The van der Waals surface area contributed by atoms with Crippen LogP contribution in [0.3, 0.4) is 0 Å². The van der Waals surface area contributed by atoms with Gasteiger partial charge in [0.25, 0.3) is 0 Å². The molecule has 0 radical (unpaired) electrons. The topological polar surface area (TPSA) is 29.9 Å². The van der Waals surface area contributed by atoms with E-state index in [-0.39, 0.29) is 0 Å². The quantitative estimate of drug-likeness (QED) is 0.875. The lowest BCUT2D eigenvalue weighted by atomic mass is 10.0. The summed E-state index contributed by atoms with van der Waals surface area (Å²) in [5.74, 6) is 0. The van der Waals surface area contributed by atoms with Gasteiger partial charge in [-0.2, -0.15) is 5.10 Å². The molecule has 0 saturated carbocycles. The van der Waals surface area contributed by atoms with Crippen molar-refractivity contribution in [2.45, 2.75) is 33.9 Å². The smallest absolute Gasteiger partial charge is 0.0685 e. The number of aryl methyl sites for hydroxylation is 2. The minimum absolute atomic E-state index is 0.900. The molecule has 0 amide bonds. The molecule has 0 spiro atoms. The van der Waals surface area contributed by atoms with Gasteiger partial charge in [0.1, 0.15) is 0 Å². The Hall–Kier alpha value is -1.61. The molecule has 1 N–H and O–H groups in total. The summed E-state index contributed by atoms with van der Waals surface area (Å²) in [7, 11) is 0. The number of nitrogens with zero attached hydrogens (tertiary/aromatic N) is 2. The number of nitrogens with one attached hydrogen (secondary N) is 1. The van der Waals surface area contributed by atoms with E-state index in [0.29, 0.717) is 0 Å². The van der Waals surface area contributed by atoms with E-state index in [1.165, 1.54) is 22.4 Å². The lowest BCUT2D eigenvalue weighted by molar-refractivity contribution is 0.665. The molecule has 0 bridgehead atoms. The monoisotopic (exact) mass is 243 g/mol. The molecule has 0 atom stereocenters. The Labute approximate surface area is 109 Å². The first-order valence-electron chi connectivity index (χ1n) is 6.58. The number of aromatic nitrogens is 2. The Morgan fingerprint density at radius 3 is 2.78 bits per heavy atom. The summed E-state index contributed by atoms with van der Waals surface area (Å²) < 4.78 is 2.05. The van der Waals surface area contributed by atoms with Crippen molar-refractivity contribution in [1.82, 2.24) is 15.1 Å². The first kappa shape index (κ1) is 12.8. The van der Waals surface area contributed by atoms with Crippen LogP contribution in [0.25, 0.3) is 11.3 Å². The van der Waals surface area contributed by atoms with E-state index in [1.54, 1.807) is 0 Å². The number of rotatable bonds is 5. The predicted molar refractivity (Wildman–Crippen MR) is 75.5 cm³/mol. The van der Waals surface area contributed by atoms with Crippen molar-refractivity contribution in [1.29, 1.82) is 0 Å². The molecule has 3 heteroatoms. The van der Waals surface area contributed by atoms with E-state index in [9.17, 15) is 0 Å². The van der Waals surface area contributed by atoms with Crippen molar-refractivity contribution >= 4 is 0 Å². The van der Waals surface area contributed by atoms with Gasteiger partial charge in [0.2, 0.25) is 0 Å². The molecule has 96 valence electrons. The average Bonchev–Trinajstić information content (AvgIpc) is 2.85. The van der Waals surface area contributed by atoms with Gasteiger partial charge in [0.05, 0.1) is 5.69 Å². The summed E-state index contributed by atoms with van der Waals surface area (Å²) in [6.07, 6.45) is 1.87. The highest BCUT2D eigenvalue weighted by Crippen LogP contribution is 2.25. The summed E-state index contributed by atoms with van der Waals surface area (Å²) in [5.41, 5.74) is 5.11. The molecule has 0 aliphatic rings. The first-order chi connectivity index (χ1) is 8.76. The fourth-order valence-corrected chi connectivity index (χ4v) is 2.16.